The molecule has 1 aliphatic carbocycles. The number of ether oxygens (including phenoxy) is 1. The van der Waals surface area contributed by atoms with E-state index >= 15 is 0 Å². The van der Waals surface area contributed by atoms with Crippen LogP contribution in [0.5, 0.6) is 0 Å². The van der Waals surface area contributed by atoms with Crippen molar-refractivity contribution >= 4 is 59.7 Å². The van der Waals surface area contributed by atoms with Crippen molar-refractivity contribution in [3.05, 3.63) is 59.2 Å². The van der Waals surface area contributed by atoms with E-state index < -0.39 is 40.2 Å². The largest absolute Gasteiger partial charge is 0.417 e. The van der Waals surface area contributed by atoms with Crippen LogP contribution in [0.3, 0.4) is 0 Å². The Balaban J connectivity index is 0.00000661. The van der Waals surface area contributed by atoms with Crippen LogP contribution in [0.15, 0.2) is 47.4 Å². The van der Waals surface area contributed by atoms with Crippen LogP contribution < -0.4 is 10.6 Å². The van der Waals surface area contributed by atoms with Gasteiger partial charge >= 0.3 is 12.2 Å². The maximum Gasteiger partial charge on any atom is 0.417 e. The zero-order valence-corrected chi connectivity index (χ0v) is 35.4. The molecule has 1 unspecified atom stereocenters. The number of piperazine rings is 1. The maximum absolute atomic E-state index is 13.6. The van der Waals surface area contributed by atoms with Crippen LogP contribution in [0.2, 0.25) is 0 Å². The third-order valence-electron chi connectivity index (χ3n) is 12.0. The highest BCUT2D eigenvalue weighted by Gasteiger charge is 2.55. The van der Waals surface area contributed by atoms with Crippen molar-refractivity contribution in [2.75, 3.05) is 38.1 Å². The topological polar surface area (TPSA) is 155 Å². The van der Waals surface area contributed by atoms with Crippen LogP contribution in [0.25, 0.3) is 0 Å². The Morgan fingerprint density at radius 1 is 1.00 bits per heavy atom. The average Bonchev–Trinajstić information content (AvgIpc) is 3.33. The van der Waals surface area contributed by atoms with Gasteiger partial charge < -0.3 is 15.0 Å². The standard InChI is InChI=1S/C41H50F3N7O6S.ClH/c1-25-22-48(23-26(2)49(25)24-35(53)46-29-9-7-28(8-10-29)40(5)17-16-34(52)47-36(40)54)18-19-57-31-13-11-30(12-14-31)50-38(56)51(37(55)39(50,3)4)58-32-15-6-27(21-45)33(20-32)41(42,43)44;/h6-10,15,20,25-26,30-31H,11-14,16-19,22-24H2,1-5H3,(H,46,53)(H,47,52,54);1H/t25-,26+,30?,31?,40?;. The lowest BCUT2D eigenvalue weighted by molar-refractivity contribution is -0.138. The number of amides is 6. The van der Waals surface area contributed by atoms with Crippen LogP contribution in [0.1, 0.15) is 89.8 Å². The number of rotatable bonds is 11. The maximum atomic E-state index is 13.6. The molecule has 1 saturated carbocycles. The molecule has 2 N–H and O–H groups in total. The second kappa shape index (κ2) is 18.2. The number of anilines is 1. The van der Waals surface area contributed by atoms with E-state index in [1.54, 1.807) is 30.9 Å². The SMILES string of the molecule is C[C@@H]1CN(CCOC2CCC(N3C(=O)N(Sc4ccc(C#N)c(C(F)(F)F)c4)C(=O)C3(C)C)CC2)C[C@H](C)N1CC(=O)Nc1ccc(C2(C)CCC(=O)NC2=O)cc1.Cl. The molecule has 59 heavy (non-hydrogen) atoms. The summed E-state index contributed by atoms with van der Waals surface area (Å²) in [6, 6.07) is 11.3. The van der Waals surface area contributed by atoms with E-state index in [1.165, 1.54) is 12.1 Å². The zero-order valence-electron chi connectivity index (χ0n) is 33.8. The number of benzene rings is 2. The minimum absolute atomic E-state index is 0. The van der Waals surface area contributed by atoms with Crippen molar-refractivity contribution < 1.29 is 41.9 Å². The number of urea groups is 1. The number of imide groups is 2. The van der Waals surface area contributed by atoms with Crippen molar-refractivity contribution in [2.45, 2.75) is 119 Å². The Kier molecular flexibility index (Phi) is 14.1. The summed E-state index contributed by atoms with van der Waals surface area (Å²) in [5.41, 5.74) is -2.24. The van der Waals surface area contributed by atoms with Crippen molar-refractivity contribution in [1.29, 1.82) is 5.26 Å². The monoisotopic (exact) mass is 861 g/mol. The van der Waals surface area contributed by atoms with E-state index in [4.69, 9.17) is 10.00 Å². The quantitative estimate of drug-likeness (QED) is 0.154. The summed E-state index contributed by atoms with van der Waals surface area (Å²) in [6.07, 6.45) is -1.48. The second-order valence-corrected chi connectivity index (χ2v) is 17.5. The number of hydrogen-bond donors (Lipinski definition) is 2. The zero-order chi connectivity index (χ0) is 42.2. The smallest absolute Gasteiger partial charge is 0.377 e. The summed E-state index contributed by atoms with van der Waals surface area (Å²) in [4.78, 5) is 70.4. The van der Waals surface area contributed by atoms with Gasteiger partial charge in [-0.2, -0.15) is 22.7 Å². The van der Waals surface area contributed by atoms with Crippen molar-refractivity contribution in [3.63, 3.8) is 0 Å². The minimum Gasteiger partial charge on any atom is -0.377 e. The highest BCUT2D eigenvalue weighted by Crippen LogP contribution is 2.42. The van der Waals surface area contributed by atoms with E-state index in [0.717, 1.165) is 41.6 Å². The summed E-state index contributed by atoms with van der Waals surface area (Å²) >= 11 is 0.633. The first-order chi connectivity index (χ1) is 27.3. The molecule has 6 rings (SSSR count). The predicted molar refractivity (Wildman–Crippen MR) is 216 cm³/mol. The molecule has 13 nitrogen and oxygen atoms in total. The molecule has 0 aromatic heterocycles. The summed E-state index contributed by atoms with van der Waals surface area (Å²) in [7, 11) is 0. The molecule has 320 valence electrons. The summed E-state index contributed by atoms with van der Waals surface area (Å²) < 4.78 is 47.9. The van der Waals surface area contributed by atoms with E-state index in [0.29, 0.717) is 56.3 Å². The van der Waals surface area contributed by atoms with Gasteiger partial charge in [0, 0.05) is 54.8 Å². The Bertz CT molecular complexity index is 1960. The van der Waals surface area contributed by atoms with Gasteiger partial charge in [-0.25, -0.2) is 4.79 Å². The lowest BCUT2D eigenvalue weighted by atomic mass is 9.75. The Morgan fingerprint density at radius 3 is 2.24 bits per heavy atom. The molecule has 4 fully saturated rings. The van der Waals surface area contributed by atoms with Crippen LogP contribution in [-0.2, 0) is 35.5 Å². The lowest BCUT2D eigenvalue weighted by Crippen LogP contribution is -2.58. The highest BCUT2D eigenvalue weighted by molar-refractivity contribution is 7.98. The fourth-order valence-corrected chi connectivity index (χ4v) is 9.61. The highest BCUT2D eigenvalue weighted by atomic mass is 35.5. The van der Waals surface area contributed by atoms with E-state index in [-0.39, 0.29) is 72.2 Å². The van der Waals surface area contributed by atoms with Gasteiger partial charge in [0.15, 0.2) is 0 Å². The number of halogens is 4. The van der Waals surface area contributed by atoms with Gasteiger partial charge in [0.2, 0.25) is 17.7 Å². The summed E-state index contributed by atoms with van der Waals surface area (Å²) in [5.74, 6) is -1.23. The molecule has 6 amide bonds. The molecule has 3 atom stereocenters. The molecule has 4 aliphatic rings. The van der Waals surface area contributed by atoms with Crippen molar-refractivity contribution in [2.24, 2.45) is 0 Å². The van der Waals surface area contributed by atoms with Crippen LogP contribution in [-0.4, -0.2) is 111 Å². The van der Waals surface area contributed by atoms with Gasteiger partial charge in [0.25, 0.3) is 5.91 Å². The number of nitrogens with one attached hydrogen (secondary N) is 2. The summed E-state index contributed by atoms with van der Waals surface area (Å²) in [6.45, 7) is 12.3. The molecule has 2 aromatic carbocycles. The molecule has 0 radical (unpaired) electrons. The molecular weight excluding hydrogens is 811 g/mol. The Morgan fingerprint density at radius 2 is 1.64 bits per heavy atom. The first kappa shape index (κ1) is 45.9. The van der Waals surface area contributed by atoms with E-state index in [9.17, 15) is 37.1 Å². The van der Waals surface area contributed by atoms with Crippen molar-refractivity contribution in [1.82, 2.24) is 24.3 Å². The number of alkyl halides is 3. The molecule has 3 aliphatic heterocycles. The number of carbonyl (C=O) groups excluding carboxylic acids is 5. The number of hydrogen-bond acceptors (Lipinski definition) is 10. The number of nitriles is 1. The molecule has 0 spiro atoms. The van der Waals surface area contributed by atoms with Crippen LogP contribution in [0.4, 0.5) is 23.7 Å². The molecule has 3 heterocycles. The molecule has 0 bridgehead atoms. The Hall–Kier alpha value is -4.21. The number of nitrogens with zero attached hydrogens (tertiary/aromatic N) is 5. The lowest BCUT2D eigenvalue weighted by Gasteiger charge is -2.44. The molecule has 2 aromatic rings. The molecule has 3 saturated heterocycles. The predicted octanol–water partition coefficient (Wildman–Crippen LogP) is 6.10. The third kappa shape index (κ3) is 9.89. The van der Waals surface area contributed by atoms with Gasteiger partial charge in [-0.3, -0.25) is 34.3 Å². The molecular formula is C41H51ClF3N7O6S. The van der Waals surface area contributed by atoms with Crippen LogP contribution in [0, 0.1) is 11.3 Å². The van der Waals surface area contributed by atoms with Gasteiger partial charge in [-0.1, -0.05) is 12.1 Å². The fraction of sp³-hybridized carbons (Fsp3) is 0.561. The second-order valence-electron chi connectivity index (χ2n) is 16.5. The number of piperidine rings is 1. The van der Waals surface area contributed by atoms with Crippen LogP contribution >= 0.6 is 24.4 Å². The van der Waals surface area contributed by atoms with Gasteiger partial charge in [-0.15, -0.1) is 12.4 Å². The van der Waals surface area contributed by atoms with E-state index in [2.05, 4.69) is 34.3 Å². The minimum atomic E-state index is -4.77. The normalized spacial score (nSPS) is 26.6. The van der Waals surface area contributed by atoms with Crippen molar-refractivity contribution in [3.8, 4) is 6.07 Å². The molecule has 18 heteroatoms. The summed E-state index contributed by atoms with van der Waals surface area (Å²) in [5, 5.41) is 14.5. The first-order valence-electron chi connectivity index (χ1n) is 19.6. The van der Waals surface area contributed by atoms with Gasteiger partial charge in [0.1, 0.15) is 5.54 Å². The first-order valence-corrected chi connectivity index (χ1v) is 20.4. The van der Waals surface area contributed by atoms with Gasteiger partial charge in [-0.05, 0) is 115 Å². The van der Waals surface area contributed by atoms with E-state index in [1.807, 2.05) is 19.1 Å². The fourth-order valence-electron chi connectivity index (χ4n) is 8.63. The number of carbonyl (C=O) groups is 5. The Labute approximate surface area is 352 Å². The average molecular weight is 862 g/mol. The van der Waals surface area contributed by atoms with Gasteiger partial charge in [0.05, 0.1) is 41.9 Å². The third-order valence-corrected chi connectivity index (χ3v) is 13.0.